The van der Waals surface area contributed by atoms with Crippen LogP contribution in [0.4, 0.5) is 9.18 Å². The molecular formula is C21H28ClFN2O4. The van der Waals surface area contributed by atoms with Gasteiger partial charge in [-0.05, 0) is 42.0 Å². The smallest absolute Gasteiger partial charge is 0.322 e. The molecule has 0 unspecified atom stereocenters. The van der Waals surface area contributed by atoms with Gasteiger partial charge in [0.05, 0.1) is 23.6 Å². The first kappa shape index (κ1) is 23.0. The molecule has 2 amide bonds. The fourth-order valence-electron chi connectivity index (χ4n) is 3.30. The molecule has 1 heterocycles. The largest absolute Gasteiger partial charge is 0.489 e. The Morgan fingerprint density at radius 1 is 1.34 bits per heavy atom. The maximum Gasteiger partial charge on any atom is 0.322 e. The minimum absolute atomic E-state index is 0.00614. The molecule has 1 atom stereocenters. The van der Waals surface area contributed by atoms with Gasteiger partial charge in [0.25, 0.3) is 0 Å². The third kappa shape index (κ3) is 5.21. The number of hydrogen-bond donors (Lipinski definition) is 2. The highest BCUT2D eigenvalue weighted by Crippen LogP contribution is 2.40. The standard InChI is InChI=1S/C21H28ClFN2O4/c1-12(2)11-29-19-16(22)8-14(9-17(19)23)21(5)15(13(3)4)10-25(20(28)24-21)7-6-18(26)27/h8-10,12-13H,6-7,11H2,1-5H3,(H,24,28)(H,26,27)/t21-/m0/s1. The van der Waals surface area contributed by atoms with Crippen molar-refractivity contribution in [2.75, 3.05) is 13.2 Å². The van der Waals surface area contributed by atoms with Gasteiger partial charge in [-0.2, -0.15) is 0 Å². The van der Waals surface area contributed by atoms with Crippen LogP contribution in [-0.2, 0) is 10.3 Å². The molecule has 160 valence electrons. The molecule has 0 bridgehead atoms. The van der Waals surface area contributed by atoms with Crippen LogP contribution in [0.5, 0.6) is 5.75 Å². The van der Waals surface area contributed by atoms with Gasteiger partial charge in [-0.3, -0.25) is 4.79 Å². The number of urea groups is 1. The molecule has 0 saturated heterocycles. The predicted molar refractivity (Wildman–Crippen MR) is 110 cm³/mol. The number of benzene rings is 1. The SMILES string of the molecule is CC(C)COc1c(F)cc([C@]2(C)NC(=O)N(CCC(=O)O)C=C2C(C)C)cc1Cl. The first-order valence-corrected chi connectivity index (χ1v) is 9.98. The summed E-state index contributed by atoms with van der Waals surface area (Å²) >= 11 is 6.30. The number of carbonyl (C=O) groups is 2. The molecule has 29 heavy (non-hydrogen) atoms. The molecule has 0 fully saturated rings. The Balaban J connectivity index is 2.44. The molecule has 6 nitrogen and oxygen atoms in total. The number of amides is 2. The molecule has 0 aliphatic carbocycles. The van der Waals surface area contributed by atoms with Gasteiger partial charge in [-0.1, -0.05) is 39.3 Å². The van der Waals surface area contributed by atoms with Crippen LogP contribution in [0, 0.1) is 17.7 Å². The van der Waals surface area contributed by atoms with Gasteiger partial charge in [0.1, 0.15) is 0 Å². The van der Waals surface area contributed by atoms with E-state index in [4.69, 9.17) is 21.4 Å². The van der Waals surface area contributed by atoms with Crippen molar-refractivity contribution in [1.29, 1.82) is 0 Å². The van der Waals surface area contributed by atoms with Gasteiger partial charge in [0.2, 0.25) is 0 Å². The monoisotopic (exact) mass is 426 g/mol. The lowest BCUT2D eigenvalue weighted by Crippen LogP contribution is -2.55. The van der Waals surface area contributed by atoms with Crippen molar-refractivity contribution in [3.63, 3.8) is 0 Å². The van der Waals surface area contributed by atoms with E-state index in [1.807, 2.05) is 27.7 Å². The highest BCUT2D eigenvalue weighted by Gasteiger charge is 2.40. The number of ether oxygens (including phenoxy) is 1. The number of carboxylic acids is 1. The van der Waals surface area contributed by atoms with Crippen LogP contribution >= 0.6 is 11.6 Å². The van der Waals surface area contributed by atoms with Crippen molar-refractivity contribution in [1.82, 2.24) is 10.2 Å². The van der Waals surface area contributed by atoms with Crippen molar-refractivity contribution in [3.05, 3.63) is 40.3 Å². The molecule has 1 aliphatic rings. The second-order valence-electron chi connectivity index (χ2n) is 8.11. The van der Waals surface area contributed by atoms with E-state index in [0.29, 0.717) is 12.2 Å². The molecular weight excluding hydrogens is 399 g/mol. The highest BCUT2D eigenvalue weighted by atomic mass is 35.5. The van der Waals surface area contributed by atoms with Crippen molar-refractivity contribution >= 4 is 23.6 Å². The Bertz CT molecular complexity index is 802. The number of halogens is 2. The fraction of sp³-hybridized carbons (Fsp3) is 0.524. The van der Waals surface area contributed by atoms with Crippen LogP contribution in [0.15, 0.2) is 23.9 Å². The molecule has 1 aromatic rings. The Morgan fingerprint density at radius 2 is 2.00 bits per heavy atom. The van der Waals surface area contributed by atoms with E-state index < -0.39 is 23.4 Å². The molecule has 2 rings (SSSR count). The van der Waals surface area contributed by atoms with Crippen molar-refractivity contribution in [2.45, 2.75) is 46.6 Å². The molecule has 1 aliphatic heterocycles. The van der Waals surface area contributed by atoms with Crippen LogP contribution < -0.4 is 10.1 Å². The normalized spacial score (nSPS) is 19.4. The zero-order chi connectivity index (χ0) is 21.9. The summed E-state index contributed by atoms with van der Waals surface area (Å²) in [5.74, 6) is -1.37. The quantitative estimate of drug-likeness (QED) is 0.627. The van der Waals surface area contributed by atoms with Crippen LogP contribution in [0.3, 0.4) is 0 Å². The number of rotatable bonds is 8. The highest BCUT2D eigenvalue weighted by molar-refractivity contribution is 6.32. The summed E-state index contributed by atoms with van der Waals surface area (Å²) in [7, 11) is 0. The third-order valence-corrected chi connectivity index (χ3v) is 5.10. The van der Waals surface area contributed by atoms with Crippen molar-refractivity contribution in [2.24, 2.45) is 11.8 Å². The number of nitrogens with one attached hydrogen (secondary N) is 1. The molecule has 0 aromatic heterocycles. The molecule has 1 aromatic carbocycles. The van der Waals surface area contributed by atoms with E-state index in [1.54, 1.807) is 19.2 Å². The molecule has 2 N–H and O–H groups in total. The Morgan fingerprint density at radius 3 is 2.52 bits per heavy atom. The zero-order valence-corrected chi connectivity index (χ0v) is 18.1. The maximum atomic E-state index is 14.8. The summed E-state index contributed by atoms with van der Waals surface area (Å²) in [6.07, 6.45) is 1.48. The van der Waals surface area contributed by atoms with E-state index in [9.17, 15) is 14.0 Å². The Kier molecular flexibility index (Phi) is 7.16. The number of hydrogen-bond acceptors (Lipinski definition) is 3. The zero-order valence-electron chi connectivity index (χ0n) is 17.4. The minimum atomic E-state index is -0.994. The summed E-state index contributed by atoms with van der Waals surface area (Å²) in [6.45, 7) is 9.97. The summed E-state index contributed by atoms with van der Waals surface area (Å²) in [6, 6.07) is 2.48. The van der Waals surface area contributed by atoms with Gasteiger partial charge in [-0.25, -0.2) is 9.18 Å². The third-order valence-electron chi connectivity index (χ3n) is 4.82. The van der Waals surface area contributed by atoms with Crippen LogP contribution in [-0.4, -0.2) is 35.2 Å². The number of carbonyl (C=O) groups excluding carboxylic acids is 1. The number of nitrogens with zero attached hydrogens (tertiary/aromatic N) is 1. The van der Waals surface area contributed by atoms with Gasteiger partial charge >= 0.3 is 12.0 Å². The molecule has 8 heteroatoms. The van der Waals surface area contributed by atoms with Gasteiger partial charge < -0.3 is 20.1 Å². The lowest BCUT2D eigenvalue weighted by Gasteiger charge is -2.42. The second kappa shape index (κ2) is 9.03. The van der Waals surface area contributed by atoms with E-state index >= 15 is 0 Å². The van der Waals surface area contributed by atoms with Crippen molar-refractivity contribution in [3.8, 4) is 5.75 Å². The molecule has 0 radical (unpaired) electrons. The molecule has 0 saturated carbocycles. The second-order valence-corrected chi connectivity index (χ2v) is 8.51. The van der Waals surface area contributed by atoms with Crippen LogP contribution in [0.25, 0.3) is 0 Å². The average Bonchev–Trinajstić information content (AvgIpc) is 2.59. The first-order chi connectivity index (χ1) is 13.5. The average molecular weight is 427 g/mol. The summed E-state index contributed by atoms with van der Waals surface area (Å²) in [5.41, 5.74) is 0.309. The van der Waals surface area contributed by atoms with E-state index in [0.717, 1.165) is 5.57 Å². The lowest BCUT2D eigenvalue weighted by molar-refractivity contribution is -0.137. The number of aliphatic carboxylic acids is 1. The fourth-order valence-corrected chi connectivity index (χ4v) is 3.56. The maximum absolute atomic E-state index is 14.8. The summed E-state index contributed by atoms with van der Waals surface area (Å²) < 4.78 is 20.3. The van der Waals surface area contributed by atoms with Crippen molar-refractivity contribution < 1.29 is 23.8 Å². The van der Waals surface area contributed by atoms with Crippen LogP contribution in [0.1, 0.15) is 46.6 Å². The Hall–Kier alpha value is -2.28. The summed E-state index contributed by atoms with van der Waals surface area (Å²) in [4.78, 5) is 24.8. The van der Waals surface area contributed by atoms with Gasteiger partial charge in [0.15, 0.2) is 11.6 Å². The van der Waals surface area contributed by atoms with E-state index in [2.05, 4.69) is 5.32 Å². The number of carboxylic acid groups (broad SMARTS) is 1. The van der Waals surface area contributed by atoms with Crippen LogP contribution in [0.2, 0.25) is 5.02 Å². The Labute approximate surface area is 175 Å². The minimum Gasteiger partial charge on any atom is -0.489 e. The topological polar surface area (TPSA) is 78.9 Å². The molecule has 0 spiro atoms. The lowest BCUT2D eigenvalue weighted by atomic mass is 9.78. The first-order valence-electron chi connectivity index (χ1n) is 9.60. The predicted octanol–water partition coefficient (Wildman–Crippen LogP) is 4.77. The summed E-state index contributed by atoms with van der Waals surface area (Å²) in [5, 5.41) is 11.9. The van der Waals surface area contributed by atoms with E-state index in [-0.39, 0.29) is 35.6 Å². The van der Waals surface area contributed by atoms with E-state index in [1.165, 1.54) is 11.0 Å². The van der Waals surface area contributed by atoms with Gasteiger partial charge in [-0.15, -0.1) is 0 Å². The van der Waals surface area contributed by atoms with Gasteiger partial charge in [0, 0.05) is 12.7 Å².